The lowest BCUT2D eigenvalue weighted by Gasteiger charge is -2.18. The van der Waals surface area contributed by atoms with Crippen LogP contribution >= 0.6 is 0 Å². The molecule has 0 saturated heterocycles. The number of benzene rings is 12. The van der Waals surface area contributed by atoms with Gasteiger partial charge in [-0.15, -0.1) is 0 Å². The Bertz CT molecular complexity index is 4980. The Hall–Kier alpha value is -11.4. The molecule has 16 rings (SSSR count). The Morgan fingerprint density at radius 3 is 1.07 bits per heavy atom. The number of fused-ring (bicyclic) bond motifs is 9. The summed E-state index contributed by atoms with van der Waals surface area (Å²) in [6.07, 6.45) is 0. The topological polar surface area (TPSA) is 72.6 Å². The summed E-state index contributed by atoms with van der Waals surface area (Å²) in [5, 5.41) is 17.5. The maximum Gasteiger partial charge on any atom is 0.164 e. The Morgan fingerprint density at radius 2 is 0.687 bits per heavy atom. The molecule has 83 heavy (non-hydrogen) atoms. The minimum atomic E-state index is 0.480. The van der Waals surface area contributed by atoms with Crippen LogP contribution in [0, 0.1) is 11.3 Å². The first kappa shape index (κ1) is 47.6. The van der Waals surface area contributed by atoms with Gasteiger partial charge in [0.15, 0.2) is 11.4 Å². The molecular formula is C77H47N5O. The molecule has 386 valence electrons. The van der Waals surface area contributed by atoms with Gasteiger partial charge in [-0.2, -0.15) is 5.26 Å². The third kappa shape index (κ3) is 7.94. The van der Waals surface area contributed by atoms with Crippen molar-refractivity contribution in [2.24, 2.45) is 0 Å². The van der Waals surface area contributed by atoms with Gasteiger partial charge in [-0.3, -0.25) is 0 Å². The van der Waals surface area contributed by atoms with E-state index in [-0.39, 0.29) is 0 Å². The van der Waals surface area contributed by atoms with Crippen molar-refractivity contribution in [1.82, 2.24) is 19.1 Å². The van der Waals surface area contributed by atoms with Crippen LogP contribution < -0.4 is 0 Å². The molecular weight excluding hydrogens is 1010 g/mol. The van der Waals surface area contributed by atoms with Crippen LogP contribution in [0.3, 0.4) is 0 Å². The molecule has 0 aliphatic carbocycles. The molecule has 0 spiro atoms. The average molecular weight is 1060 g/mol. The molecule has 0 aliphatic rings. The molecule has 0 bridgehead atoms. The minimum absolute atomic E-state index is 0.480. The smallest absolute Gasteiger partial charge is 0.164 e. The molecule has 0 aliphatic heterocycles. The number of hydrogen-bond acceptors (Lipinski definition) is 4. The molecule has 0 amide bonds. The fourth-order valence-electron chi connectivity index (χ4n) is 12.5. The zero-order valence-electron chi connectivity index (χ0n) is 44.8. The van der Waals surface area contributed by atoms with Crippen molar-refractivity contribution in [3.05, 3.63) is 291 Å². The standard InChI is InChI=1S/C77H47N5O/c78-48-59-46-72(81-68-38-34-55(49-20-7-1-8-21-49)42-62(68)63-43-56(35-39-69(63)81)50-22-9-2-10-23-50)74(82-70-40-36-57(51-24-11-3-12-25-51)44-64(70)65-45-58(37-41-71(65)82)52-26-13-4-14-27-52)76-73(59)60-32-19-33-61(75(60)83-76)77-79-66(53-28-15-5-16-29-53)47-67(80-77)54-30-17-6-18-31-54/h1-47H. The van der Waals surface area contributed by atoms with Gasteiger partial charge in [-0.25, -0.2) is 9.97 Å². The van der Waals surface area contributed by atoms with Gasteiger partial charge >= 0.3 is 0 Å². The SMILES string of the molecule is N#Cc1cc(-n2c3ccc(-c4ccccc4)cc3c3cc(-c4ccccc4)ccc32)c(-n2c3ccc(-c4ccccc4)cc3c3cc(-c4ccccc4)ccc32)c2oc3c(-c4nc(-c5ccccc5)cc(-c5ccccc5)n4)cccc3c12. The second-order valence-electron chi connectivity index (χ2n) is 21.1. The van der Waals surface area contributed by atoms with Crippen molar-refractivity contribution < 1.29 is 4.42 Å². The quantitative estimate of drug-likeness (QED) is 0.144. The van der Waals surface area contributed by atoms with Crippen LogP contribution in [0.4, 0.5) is 0 Å². The Morgan fingerprint density at radius 1 is 0.313 bits per heavy atom. The second-order valence-corrected chi connectivity index (χ2v) is 21.1. The molecule has 6 heteroatoms. The number of nitriles is 1. The fourth-order valence-corrected chi connectivity index (χ4v) is 12.5. The molecule has 16 aromatic rings. The number of nitrogens with zero attached hydrogens (tertiary/aromatic N) is 5. The monoisotopic (exact) mass is 1060 g/mol. The third-order valence-corrected chi connectivity index (χ3v) is 16.4. The van der Waals surface area contributed by atoms with Crippen molar-refractivity contribution >= 4 is 65.6 Å². The van der Waals surface area contributed by atoms with E-state index in [4.69, 9.17) is 14.4 Å². The van der Waals surface area contributed by atoms with E-state index < -0.39 is 0 Å². The fraction of sp³-hybridized carbons (Fsp3) is 0. The predicted molar refractivity (Wildman–Crippen MR) is 341 cm³/mol. The normalized spacial score (nSPS) is 11.6. The highest BCUT2D eigenvalue weighted by atomic mass is 16.3. The maximum absolute atomic E-state index is 11.7. The molecule has 4 aromatic heterocycles. The summed E-state index contributed by atoms with van der Waals surface area (Å²) in [5.74, 6) is 0.514. The first-order chi connectivity index (χ1) is 41.1. The average Bonchev–Trinajstić information content (AvgIpc) is 1.91. The van der Waals surface area contributed by atoms with E-state index in [1.165, 1.54) is 0 Å². The Labute approximate surface area is 478 Å². The summed E-state index contributed by atoms with van der Waals surface area (Å²) in [4.78, 5) is 10.6. The van der Waals surface area contributed by atoms with E-state index in [1.807, 2.05) is 48.5 Å². The molecule has 4 heterocycles. The summed E-state index contributed by atoms with van der Waals surface area (Å²) >= 11 is 0. The van der Waals surface area contributed by atoms with Crippen molar-refractivity contribution in [3.63, 3.8) is 0 Å². The number of rotatable bonds is 9. The molecule has 0 radical (unpaired) electrons. The number of para-hydroxylation sites is 1. The number of aromatic nitrogens is 4. The molecule has 0 unspecified atom stereocenters. The van der Waals surface area contributed by atoms with Crippen LogP contribution in [0.25, 0.3) is 155 Å². The van der Waals surface area contributed by atoms with Crippen molar-refractivity contribution in [1.29, 1.82) is 5.26 Å². The minimum Gasteiger partial charge on any atom is -0.453 e. The first-order valence-corrected chi connectivity index (χ1v) is 27.9. The lowest BCUT2D eigenvalue weighted by atomic mass is 10.0. The Balaban J connectivity index is 1.05. The van der Waals surface area contributed by atoms with Gasteiger partial charge in [0.1, 0.15) is 11.3 Å². The highest BCUT2D eigenvalue weighted by Crippen LogP contribution is 2.48. The Kier molecular flexibility index (Phi) is 11.2. The second kappa shape index (κ2) is 19.5. The van der Waals surface area contributed by atoms with Gasteiger partial charge in [0.25, 0.3) is 0 Å². The zero-order valence-corrected chi connectivity index (χ0v) is 44.8. The van der Waals surface area contributed by atoms with Crippen LogP contribution in [-0.2, 0) is 0 Å². The molecule has 0 atom stereocenters. The molecule has 0 fully saturated rings. The maximum atomic E-state index is 11.7. The summed E-state index contributed by atoms with van der Waals surface area (Å²) in [6.45, 7) is 0. The molecule has 0 N–H and O–H groups in total. The highest BCUT2D eigenvalue weighted by molar-refractivity contribution is 6.19. The van der Waals surface area contributed by atoms with E-state index in [9.17, 15) is 5.26 Å². The first-order valence-electron chi connectivity index (χ1n) is 27.9. The van der Waals surface area contributed by atoms with Crippen molar-refractivity contribution in [3.8, 4) is 95.9 Å². The summed E-state index contributed by atoms with van der Waals surface area (Å²) in [5.41, 5.74) is 20.4. The summed E-state index contributed by atoms with van der Waals surface area (Å²) < 4.78 is 12.4. The largest absolute Gasteiger partial charge is 0.453 e. The van der Waals surface area contributed by atoms with Gasteiger partial charge in [-0.05, 0) is 111 Å². The van der Waals surface area contributed by atoms with Crippen molar-refractivity contribution in [2.75, 3.05) is 0 Å². The van der Waals surface area contributed by atoms with Gasteiger partial charge in [-0.1, -0.05) is 218 Å². The van der Waals surface area contributed by atoms with Gasteiger partial charge in [0.2, 0.25) is 0 Å². The third-order valence-electron chi connectivity index (χ3n) is 16.4. The number of furan rings is 1. The summed E-state index contributed by atoms with van der Waals surface area (Å²) in [6, 6.07) is 103. The molecule has 0 saturated carbocycles. The van der Waals surface area contributed by atoms with Crippen molar-refractivity contribution in [2.45, 2.75) is 0 Å². The van der Waals surface area contributed by atoms with Crippen LogP contribution in [0.2, 0.25) is 0 Å². The van der Waals surface area contributed by atoms with Crippen LogP contribution in [0.5, 0.6) is 0 Å². The summed E-state index contributed by atoms with van der Waals surface area (Å²) in [7, 11) is 0. The van der Waals surface area contributed by atoms with Crippen LogP contribution in [0.1, 0.15) is 5.56 Å². The lowest BCUT2D eigenvalue weighted by molar-refractivity contribution is 0.666. The zero-order chi connectivity index (χ0) is 55.0. The lowest BCUT2D eigenvalue weighted by Crippen LogP contribution is -2.05. The highest BCUT2D eigenvalue weighted by Gasteiger charge is 2.29. The van der Waals surface area contributed by atoms with Crippen LogP contribution in [-0.4, -0.2) is 19.1 Å². The van der Waals surface area contributed by atoms with Gasteiger partial charge in [0, 0.05) is 43.4 Å². The van der Waals surface area contributed by atoms with Crippen LogP contribution in [0.15, 0.2) is 290 Å². The number of hydrogen-bond donors (Lipinski definition) is 0. The van der Waals surface area contributed by atoms with E-state index in [0.717, 1.165) is 127 Å². The van der Waals surface area contributed by atoms with Gasteiger partial charge < -0.3 is 13.6 Å². The van der Waals surface area contributed by atoms with Gasteiger partial charge in [0.05, 0.1) is 56.3 Å². The van der Waals surface area contributed by atoms with E-state index in [0.29, 0.717) is 33.5 Å². The molecule has 12 aromatic carbocycles. The predicted octanol–water partition coefficient (Wildman–Crippen LogP) is 20.1. The van der Waals surface area contributed by atoms with E-state index in [2.05, 4.69) is 252 Å². The van der Waals surface area contributed by atoms with E-state index in [1.54, 1.807) is 0 Å². The molecule has 6 nitrogen and oxygen atoms in total. The van der Waals surface area contributed by atoms with E-state index >= 15 is 0 Å².